The Hall–Kier alpha value is -2.94. The van der Waals surface area contributed by atoms with E-state index in [-0.39, 0.29) is 10.6 Å². The second kappa shape index (κ2) is 4.28. The van der Waals surface area contributed by atoms with Crippen molar-refractivity contribution in [3.8, 4) is 0 Å². The second-order valence-electron chi connectivity index (χ2n) is 5.15. The number of rotatable bonds is 2. The summed E-state index contributed by atoms with van der Waals surface area (Å²) in [4.78, 5) is 10.3. The molecule has 3 aromatic carbocycles. The van der Waals surface area contributed by atoms with Crippen LogP contribution in [0.15, 0.2) is 60.7 Å². The monoisotopic (exact) mass is 273 g/mol. The lowest BCUT2D eigenvalue weighted by atomic mass is 10.1. The number of non-ortho nitro benzene ring substituents is 1. The van der Waals surface area contributed by atoms with E-state index in [1.54, 1.807) is 12.1 Å². The molecular weight excluding hydrogens is 262 g/mol. The zero-order valence-corrected chi connectivity index (χ0v) is 11.1. The molecule has 0 bridgehead atoms. The van der Waals surface area contributed by atoms with Crippen LogP contribution in [-0.4, -0.2) is 4.92 Å². The maximum absolute atomic E-state index is 10.6. The summed E-state index contributed by atoms with van der Waals surface area (Å²) in [6.07, 6.45) is 2.08. The zero-order chi connectivity index (χ0) is 14.4. The summed E-state index contributed by atoms with van der Waals surface area (Å²) in [6, 6.07) is 19.3. The van der Waals surface area contributed by atoms with Gasteiger partial charge < -0.3 is 0 Å². The van der Waals surface area contributed by atoms with Gasteiger partial charge in [-0.3, -0.25) is 10.1 Å². The van der Waals surface area contributed by atoms with Gasteiger partial charge in [-0.2, -0.15) is 0 Å². The molecular formula is C18H11NO2. The predicted octanol–water partition coefficient (Wildman–Crippen LogP) is 4.65. The van der Waals surface area contributed by atoms with Gasteiger partial charge in [0.2, 0.25) is 0 Å². The van der Waals surface area contributed by atoms with E-state index in [0.717, 1.165) is 5.56 Å². The van der Waals surface area contributed by atoms with Crippen molar-refractivity contribution >= 4 is 28.1 Å². The average Bonchev–Trinajstić information content (AvgIpc) is 3.17. The van der Waals surface area contributed by atoms with Crippen molar-refractivity contribution in [2.75, 3.05) is 0 Å². The predicted molar refractivity (Wildman–Crippen MR) is 84.0 cm³/mol. The standard InChI is InChI=1S/C18H11NO2/c20-19(21)15-7-5-12(6-8-15)9-16-17-10-13-3-1-2-4-14(13)11-18(16)17/h1-11H. The lowest BCUT2D eigenvalue weighted by Gasteiger charge is -1.92. The van der Waals surface area contributed by atoms with E-state index in [1.807, 2.05) is 12.1 Å². The van der Waals surface area contributed by atoms with Gasteiger partial charge in [-0.1, -0.05) is 24.3 Å². The van der Waals surface area contributed by atoms with Crippen molar-refractivity contribution in [3.63, 3.8) is 0 Å². The average molecular weight is 273 g/mol. The first kappa shape index (κ1) is 11.9. The van der Waals surface area contributed by atoms with Gasteiger partial charge in [-0.15, -0.1) is 0 Å². The van der Waals surface area contributed by atoms with Crippen LogP contribution in [0.1, 0.15) is 16.7 Å². The lowest BCUT2D eigenvalue weighted by molar-refractivity contribution is -0.384. The minimum absolute atomic E-state index is 0.121. The van der Waals surface area contributed by atoms with Crippen molar-refractivity contribution in [1.82, 2.24) is 0 Å². The van der Waals surface area contributed by atoms with Crippen LogP contribution in [0.25, 0.3) is 22.4 Å². The highest BCUT2D eigenvalue weighted by Crippen LogP contribution is 2.45. The molecule has 0 unspecified atom stereocenters. The fourth-order valence-corrected chi connectivity index (χ4v) is 2.64. The SMILES string of the molecule is O=[N+]([O-])c1ccc(C=C2c3cc4ccccc4cc32)cc1. The first-order valence-electron chi connectivity index (χ1n) is 6.72. The Morgan fingerprint density at radius 2 is 1.43 bits per heavy atom. The zero-order valence-electron chi connectivity index (χ0n) is 11.1. The molecule has 0 amide bonds. The number of nitro benzene ring substituents is 1. The van der Waals surface area contributed by atoms with Crippen LogP contribution in [0.5, 0.6) is 0 Å². The minimum atomic E-state index is -0.379. The van der Waals surface area contributed by atoms with Crippen molar-refractivity contribution in [1.29, 1.82) is 0 Å². The van der Waals surface area contributed by atoms with Gasteiger partial charge >= 0.3 is 0 Å². The molecule has 3 nitrogen and oxygen atoms in total. The molecule has 0 atom stereocenters. The summed E-state index contributed by atoms with van der Waals surface area (Å²) >= 11 is 0. The molecule has 0 saturated heterocycles. The summed E-state index contributed by atoms with van der Waals surface area (Å²) in [6.45, 7) is 0. The van der Waals surface area contributed by atoms with Crippen LogP contribution in [0.2, 0.25) is 0 Å². The molecule has 0 spiro atoms. The molecule has 21 heavy (non-hydrogen) atoms. The molecule has 0 radical (unpaired) electrons. The van der Waals surface area contributed by atoms with E-state index in [1.165, 1.54) is 39.6 Å². The largest absolute Gasteiger partial charge is 0.269 e. The molecule has 0 aliphatic heterocycles. The summed E-state index contributed by atoms with van der Waals surface area (Å²) in [5.74, 6) is 0. The molecule has 0 aromatic heterocycles. The van der Waals surface area contributed by atoms with Crippen LogP contribution in [0, 0.1) is 10.1 Å². The van der Waals surface area contributed by atoms with Crippen molar-refractivity contribution in [2.45, 2.75) is 0 Å². The number of fused-ring (bicyclic) bond motifs is 2. The Morgan fingerprint density at radius 3 is 1.95 bits per heavy atom. The van der Waals surface area contributed by atoms with Crippen LogP contribution in [0.3, 0.4) is 0 Å². The third-order valence-electron chi connectivity index (χ3n) is 3.82. The first-order chi connectivity index (χ1) is 10.2. The smallest absolute Gasteiger partial charge is 0.258 e. The topological polar surface area (TPSA) is 43.1 Å². The van der Waals surface area contributed by atoms with Gasteiger partial charge in [0.1, 0.15) is 0 Å². The fraction of sp³-hybridized carbons (Fsp3) is 0. The van der Waals surface area contributed by atoms with E-state index < -0.39 is 0 Å². The summed E-state index contributed by atoms with van der Waals surface area (Å²) < 4.78 is 0. The van der Waals surface area contributed by atoms with Crippen molar-refractivity contribution < 1.29 is 4.92 Å². The maximum Gasteiger partial charge on any atom is 0.269 e. The van der Waals surface area contributed by atoms with E-state index >= 15 is 0 Å². The highest BCUT2D eigenvalue weighted by atomic mass is 16.6. The summed E-state index contributed by atoms with van der Waals surface area (Å²) in [7, 11) is 0. The highest BCUT2D eigenvalue weighted by Gasteiger charge is 2.25. The van der Waals surface area contributed by atoms with Crippen LogP contribution < -0.4 is 0 Å². The molecule has 0 saturated carbocycles. The Morgan fingerprint density at radius 1 is 0.857 bits per heavy atom. The van der Waals surface area contributed by atoms with Gasteiger partial charge in [-0.25, -0.2) is 0 Å². The molecule has 0 heterocycles. The third kappa shape index (κ3) is 1.99. The van der Waals surface area contributed by atoms with E-state index in [2.05, 4.69) is 30.3 Å². The van der Waals surface area contributed by atoms with Gasteiger partial charge in [0.05, 0.1) is 4.92 Å². The Balaban J connectivity index is 1.70. The fourth-order valence-electron chi connectivity index (χ4n) is 2.64. The molecule has 4 rings (SSSR count). The maximum atomic E-state index is 10.6. The number of nitro groups is 1. The number of hydrogen-bond acceptors (Lipinski definition) is 2. The molecule has 3 aromatic rings. The number of benzene rings is 3. The minimum Gasteiger partial charge on any atom is -0.258 e. The molecule has 0 N–H and O–H groups in total. The quantitative estimate of drug-likeness (QED) is 0.394. The van der Waals surface area contributed by atoms with Crippen molar-refractivity contribution in [2.24, 2.45) is 0 Å². The highest BCUT2D eigenvalue weighted by molar-refractivity contribution is 6.11. The van der Waals surface area contributed by atoms with Gasteiger partial charge in [-0.05, 0) is 63.4 Å². The summed E-state index contributed by atoms with van der Waals surface area (Å²) in [5.41, 5.74) is 4.87. The van der Waals surface area contributed by atoms with Gasteiger partial charge in [0, 0.05) is 12.1 Å². The third-order valence-corrected chi connectivity index (χ3v) is 3.82. The van der Waals surface area contributed by atoms with E-state index in [0.29, 0.717) is 0 Å². The van der Waals surface area contributed by atoms with E-state index in [4.69, 9.17) is 0 Å². The molecule has 3 heteroatoms. The van der Waals surface area contributed by atoms with E-state index in [9.17, 15) is 10.1 Å². The molecule has 100 valence electrons. The Labute approximate surface area is 121 Å². The van der Waals surface area contributed by atoms with Gasteiger partial charge in [0.25, 0.3) is 5.69 Å². The van der Waals surface area contributed by atoms with Crippen molar-refractivity contribution in [3.05, 3.63) is 87.5 Å². The van der Waals surface area contributed by atoms with Crippen LogP contribution in [-0.2, 0) is 0 Å². The Kier molecular flexibility index (Phi) is 2.42. The number of hydrogen-bond donors (Lipinski definition) is 0. The normalized spacial score (nSPS) is 12.1. The molecule has 0 fully saturated rings. The second-order valence-corrected chi connectivity index (χ2v) is 5.15. The van der Waals surface area contributed by atoms with Crippen LogP contribution >= 0.6 is 0 Å². The first-order valence-corrected chi connectivity index (χ1v) is 6.72. The van der Waals surface area contributed by atoms with Gasteiger partial charge in [0.15, 0.2) is 0 Å². The number of nitrogens with zero attached hydrogens (tertiary/aromatic N) is 1. The van der Waals surface area contributed by atoms with Crippen LogP contribution in [0.4, 0.5) is 5.69 Å². The summed E-state index contributed by atoms with van der Waals surface area (Å²) in [5, 5.41) is 13.1. The Bertz CT molecular complexity index is 864. The lowest BCUT2D eigenvalue weighted by Crippen LogP contribution is -1.86. The molecule has 1 aliphatic rings. The molecule has 1 aliphatic carbocycles.